The van der Waals surface area contributed by atoms with Crippen LogP contribution in [0.3, 0.4) is 0 Å². The van der Waals surface area contributed by atoms with Crippen LogP contribution in [0.2, 0.25) is 13.1 Å². The van der Waals surface area contributed by atoms with Gasteiger partial charge in [-0.25, -0.2) is 0 Å². The maximum absolute atomic E-state index is 3.95. The van der Waals surface area contributed by atoms with Crippen molar-refractivity contribution in [1.82, 2.24) is 0 Å². The molecule has 0 aromatic heterocycles. The van der Waals surface area contributed by atoms with E-state index in [0.717, 1.165) is 0 Å². The quantitative estimate of drug-likeness (QED) is 0.580. The molecule has 0 radical (unpaired) electrons. The van der Waals surface area contributed by atoms with E-state index in [9.17, 15) is 0 Å². The molecule has 0 fully saturated rings. The SMILES string of the molecule is CC1=CC[C]([Hf]([NH]c2cccc(C)c2)[SiH](C)C)=C1.Cl.Cl. The van der Waals surface area contributed by atoms with Crippen LogP contribution in [0, 0.1) is 6.92 Å². The molecule has 20 heavy (non-hydrogen) atoms. The minimum absolute atomic E-state index is 0. The van der Waals surface area contributed by atoms with Gasteiger partial charge in [-0.3, -0.25) is 0 Å². The molecule has 0 atom stereocenters. The van der Waals surface area contributed by atoms with Gasteiger partial charge >= 0.3 is 120 Å². The molecule has 0 bridgehead atoms. The van der Waals surface area contributed by atoms with Gasteiger partial charge in [0.1, 0.15) is 0 Å². The summed E-state index contributed by atoms with van der Waals surface area (Å²) in [5, 5.41) is 0. The van der Waals surface area contributed by atoms with Gasteiger partial charge in [-0.1, -0.05) is 0 Å². The summed E-state index contributed by atoms with van der Waals surface area (Å²) in [6, 6.07) is 8.85. The Morgan fingerprint density at radius 1 is 1.15 bits per heavy atom. The second kappa shape index (κ2) is 9.24. The van der Waals surface area contributed by atoms with Crippen molar-refractivity contribution in [3.63, 3.8) is 0 Å². The molecule has 0 aliphatic heterocycles. The predicted octanol–water partition coefficient (Wildman–Crippen LogP) is 5.00. The maximum Gasteiger partial charge on any atom is -0.147 e. The fourth-order valence-corrected chi connectivity index (χ4v) is 22.3. The zero-order valence-corrected chi connectivity index (χ0v) is 18.9. The van der Waals surface area contributed by atoms with Crippen molar-refractivity contribution < 1.29 is 20.9 Å². The number of aryl methyl sites for hydroxylation is 1. The van der Waals surface area contributed by atoms with E-state index in [1.54, 1.807) is 3.33 Å². The Bertz CT molecular complexity index is 500. The molecule has 1 aromatic carbocycles. The van der Waals surface area contributed by atoms with E-state index in [0.29, 0.717) is 0 Å². The first-order valence-electron chi connectivity index (χ1n) is 6.64. The van der Waals surface area contributed by atoms with Gasteiger partial charge < -0.3 is 0 Å². The zero-order valence-electron chi connectivity index (χ0n) is 12.6. The molecule has 1 aromatic rings. The first-order valence-corrected chi connectivity index (χ1v) is 19.3. The molecular weight excluding hydrogens is 472 g/mol. The van der Waals surface area contributed by atoms with Crippen molar-refractivity contribution in [1.29, 1.82) is 0 Å². The van der Waals surface area contributed by atoms with E-state index >= 15 is 0 Å². The fraction of sp³-hybridized carbons (Fsp3) is 0.333. The summed E-state index contributed by atoms with van der Waals surface area (Å²) in [5.74, 6) is -0.551. The Labute approximate surface area is 144 Å². The number of rotatable bonds is 4. The van der Waals surface area contributed by atoms with Gasteiger partial charge in [-0.2, -0.15) is 0 Å². The molecule has 0 saturated heterocycles. The van der Waals surface area contributed by atoms with Gasteiger partial charge in [0, 0.05) is 0 Å². The van der Waals surface area contributed by atoms with Crippen molar-refractivity contribution in [3.05, 3.63) is 50.9 Å². The smallest absolute Gasteiger partial charge is 0.147 e. The monoisotopic (exact) mass is 496 g/mol. The molecule has 5 heteroatoms. The summed E-state index contributed by atoms with van der Waals surface area (Å²) in [6.45, 7) is 9.42. The average molecular weight is 496 g/mol. The number of halogens is 2. The van der Waals surface area contributed by atoms with Gasteiger partial charge in [-0.15, -0.1) is 24.8 Å². The largest absolute Gasteiger partial charge is 0.147 e. The summed E-state index contributed by atoms with van der Waals surface area (Å²) in [7, 11) is 0. The molecule has 0 heterocycles. The van der Waals surface area contributed by atoms with Crippen molar-refractivity contribution >= 4 is 36.5 Å². The van der Waals surface area contributed by atoms with Crippen LogP contribution in [0.1, 0.15) is 18.9 Å². The maximum atomic E-state index is 3.95. The predicted molar refractivity (Wildman–Crippen MR) is 94.6 cm³/mol. The zero-order chi connectivity index (χ0) is 13.1. The van der Waals surface area contributed by atoms with E-state index in [2.05, 4.69) is 66.7 Å². The number of anilines is 1. The van der Waals surface area contributed by atoms with Crippen molar-refractivity contribution in [3.8, 4) is 0 Å². The van der Waals surface area contributed by atoms with Crippen molar-refractivity contribution in [2.24, 2.45) is 0 Å². The third-order valence-electron chi connectivity index (χ3n) is 3.27. The molecular formula is C15H24Cl2HfNSi. The summed E-state index contributed by atoms with van der Waals surface area (Å²) in [6.07, 6.45) is 6.06. The fourth-order valence-electron chi connectivity index (χ4n) is 2.33. The van der Waals surface area contributed by atoms with E-state index < -0.39 is 26.9 Å². The number of benzene rings is 1. The summed E-state index contributed by atoms with van der Waals surface area (Å²) in [4.78, 5) is 0. The van der Waals surface area contributed by atoms with Crippen LogP contribution in [0.15, 0.2) is 45.3 Å². The normalized spacial score (nSPS) is 13.1. The second-order valence-corrected chi connectivity index (χ2v) is 31.0. The topological polar surface area (TPSA) is 12.0 Å². The summed E-state index contributed by atoms with van der Waals surface area (Å²) < 4.78 is 5.73. The van der Waals surface area contributed by atoms with Crippen LogP contribution in [-0.2, 0) is 20.9 Å². The molecule has 0 amide bonds. The third kappa shape index (κ3) is 5.51. The first-order chi connectivity index (χ1) is 8.56. The number of nitrogens with one attached hydrogen (secondary N) is 1. The van der Waals surface area contributed by atoms with Crippen LogP contribution in [0.4, 0.5) is 5.69 Å². The van der Waals surface area contributed by atoms with Gasteiger partial charge in [-0.05, 0) is 0 Å². The van der Waals surface area contributed by atoms with Crippen LogP contribution < -0.4 is 3.30 Å². The molecule has 0 spiro atoms. The molecule has 1 aliphatic carbocycles. The van der Waals surface area contributed by atoms with E-state index in [1.807, 2.05) is 0 Å². The Balaban J connectivity index is 0.00000180. The minimum atomic E-state index is -1.76. The van der Waals surface area contributed by atoms with E-state index in [4.69, 9.17) is 0 Å². The van der Waals surface area contributed by atoms with E-state index in [-0.39, 0.29) is 24.8 Å². The van der Waals surface area contributed by atoms with Gasteiger partial charge in [0.15, 0.2) is 0 Å². The van der Waals surface area contributed by atoms with E-state index in [1.165, 1.54) is 23.2 Å². The minimum Gasteiger partial charge on any atom is -0.147 e. The van der Waals surface area contributed by atoms with Crippen molar-refractivity contribution in [2.45, 2.75) is 33.4 Å². The first kappa shape index (κ1) is 20.2. The Kier molecular flexibility index (Phi) is 9.32. The summed E-state index contributed by atoms with van der Waals surface area (Å²) in [5.41, 5.74) is 4.17. The van der Waals surface area contributed by atoms with Crippen LogP contribution >= 0.6 is 24.8 Å². The van der Waals surface area contributed by atoms with Gasteiger partial charge in [0.25, 0.3) is 0 Å². The van der Waals surface area contributed by atoms with Crippen molar-refractivity contribution in [2.75, 3.05) is 3.30 Å². The summed E-state index contributed by atoms with van der Waals surface area (Å²) >= 11 is -1.76. The molecule has 0 saturated carbocycles. The molecule has 1 N–H and O–H groups in total. The third-order valence-corrected chi connectivity index (χ3v) is 26.8. The Morgan fingerprint density at radius 3 is 2.35 bits per heavy atom. The molecule has 1 aliphatic rings. The van der Waals surface area contributed by atoms with Crippen LogP contribution in [0.25, 0.3) is 0 Å². The second-order valence-electron chi connectivity index (χ2n) is 5.38. The number of hydrogen-bond donors (Lipinski definition) is 1. The average Bonchev–Trinajstić information content (AvgIpc) is 2.72. The van der Waals surface area contributed by atoms with Gasteiger partial charge in [0.2, 0.25) is 0 Å². The Hall–Kier alpha value is 0.167. The van der Waals surface area contributed by atoms with Crippen LogP contribution in [-0.4, -0.2) is 5.98 Å². The molecule has 0 unspecified atom stereocenters. The number of allylic oxidation sites excluding steroid dienone is 4. The Morgan fingerprint density at radius 2 is 1.85 bits per heavy atom. The molecule has 1 nitrogen and oxygen atoms in total. The molecule has 111 valence electrons. The number of hydrogen-bond acceptors (Lipinski definition) is 1. The van der Waals surface area contributed by atoms with Gasteiger partial charge in [0.05, 0.1) is 0 Å². The van der Waals surface area contributed by atoms with Crippen LogP contribution in [0.5, 0.6) is 0 Å². The standard InChI is InChI=1S/C7H8N.C6H7.C2H7Si.2ClH.Hf/c1-6-3-2-4-7(8)5-6;1-6-4-2-3-5-6;1-3-2;;;/h2-5,8H,1H3;4-5H,2H2,1H3;3H,1-2H3;2*1H;/q-1;;;;;+1. The molecule has 2 rings (SSSR count).